The minimum absolute atomic E-state index is 0.0264. The Kier molecular flexibility index (Phi) is 6.62. The van der Waals surface area contributed by atoms with Crippen LogP contribution >= 0.6 is 0 Å². The van der Waals surface area contributed by atoms with Crippen LogP contribution in [0.1, 0.15) is 23.2 Å². The molecule has 1 unspecified atom stereocenters. The zero-order valence-corrected chi connectivity index (χ0v) is 13.7. The second-order valence-electron chi connectivity index (χ2n) is 5.70. The number of carbonyl (C=O) groups excluding carboxylic acids is 2. The maximum absolute atomic E-state index is 12.5. The largest absolute Gasteiger partial charge is 0.384 e. The lowest BCUT2D eigenvalue weighted by molar-refractivity contribution is -0.107. The Hall–Kier alpha value is -2.54. The summed E-state index contributed by atoms with van der Waals surface area (Å²) in [5.74, 6) is 0.438. The van der Waals surface area contributed by atoms with E-state index in [4.69, 9.17) is 10.3 Å². The highest BCUT2D eigenvalue weighted by atomic mass is 16.5. The summed E-state index contributed by atoms with van der Waals surface area (Å²) < 4.78 is 5.15. The lowest BCUT2D eigenvalue weighted by Gasteiger charge is -2.16. The molecule has 0 radical (unpaired) electrons. The first-order chi connectivity index (χ1) is 11.7. The van der Waals surface area contributed by atoms with Crippen molar-refractivity contribution in [1.82, 2.24) is 4.90 Å². The molecule has 1 aliphatic heterocycles. The monoisotopic (exact) mass is 330 g/mol. The summed E-state index contributed by atoms with van der Waals surface area (Å²) in [6.07, 6.45) is 3.26. The summed E-state index contributed by atoms with van der Waals surface area (Å²) in [5, 5.41) is 6.22. The van der Waals surface area contributed by atoms with Gasteiger partial charge in [-0.2, -0.15) is 5.11 Å². The van der Waals surface area contributed by atoms with Crippen molar-refractivity contribution in [3.63, 3.8) is 0 Å². The Morgan fingerprint density at radius 3 is 2.83 bits per heavy atom. The molecule has 1 aliphatic rings. The molecule has 0 spiro atoms. The molecule has 1 saturated heterocycles. The highest BCUT2D eigenvalue weighted by molar-refractivity contribution is 5.94. The van der Waals surface area contributed by atoms with Crippen LogP contribution in [0, 0.1) is 11.4 Å². The number of anilines is 1. The zero-order chi connectivity index (χ0) is 17.4. The molecule has 1 fully saturated rings. The predicted octanol–water partition coefficient (Wildman–Crippen LogP) is 2.67. The average Bonchev–Trinajstić information content (AvgIpc) is 3.07. The first-order valence-corrected chi connectivity index (χ1v) is 7.83. The number of carbonyl (C=O) groups is 2. The van der Waals surface area contributed by atoms with Crippen LogP contribution in [0.4, 0.5) is 5.69 Å². The maximum Gasteiger partial charge on any atom is 0.253 e. The van der Waals surface area contributed by atoms with Gasteiger partial charge in [0.1, 0.15) is 6.29 Å². The Balaban J connectivity index is 1.95. The third-order valence-corrected chi connectivity index (χ3v) is 3.95. The summed E-state index contributed by atoms with van der Waals surface area (Å²) in [6.45, 7) is 2.17. The molecule has 2 N–H and O–H groups in total. The smallest absolute Gasteiger partial charge is 0.253 e. The first kappa shape index (κ1) is 17.8. The van der Waals surface area contributed by atoms with Crippen LogP contribution < -0.4 is 5.32 Å². The minimum atomic E-state index is 0.0264. The summed E-state index contributed by atoms with van der Waals surface area (Å²) in [6, 6.07) is 7.10. The topological polar surface area (TPSA) is 94.8 Å². The van der Waals surface area contributed by atoms with E-state index in [1.165, 1.54) is 6.20 Å². The van der Waals surface area contributed by atoms with E-state index in [9.17, 15) is 9.59 Å². The Labute approximate surface area is 141 Å². The highest BCUT2D eigenvalue weighted by Gasteiger charge is 2.26. The number of likely N-dealkylation sites (tertiary alicyclic amines) is 1. The molecule has 128 valence electrons. The van der Waals surface area contributed by atoms with Gasteiger partial charge in [-0.15, -0.1) is 0 Å². The molecule has 7 heteroatoms. The molecule has 0 bridgehead atoms. The van der Waals surface area contributed by atoms with Crippen molar-refractivity contribution >= 4 is 17.9 Å². The van der Waals surface area contributed by atoms with E-state index in [0.717, 1.165) is 25.2 Å². The van der Waals surface area contributed by atoms with E-state index in [1.807, 2.05) is 4.90 Å². The van der Waals surface area contributed by atoms with Gasteiger partial charge in [-0.25, -0.2) is 5.53 Å². The fourth-order valence-electron chi connectivity index (χ4n) is 2.67. The number of aldehydes is 1. The number of hydrogen-bond donors (Lipinski definition) is 2. The summed E-state index contributed by atoms with van der Waals surface area (Å²) in [5.41, 5.74) is 8.70. The molecule has 1 aromatic rings. The van der Waals surface area contributed by atoms with Gasteiger partial charge < -0.3 is 19.7 Å². The SMILES string of the molecule is COCC1CCN(C(=O)c2ccc(N/C=C(/CC=O)N=N)cc2)C1. The van der Waals surface area contributed by atoms with Crippen molar-refractivity contribution in [2.75, 3.05) is 32.1 Å². The van der Waals surface area contributed by atoms with E-state index in [0.29, 0.717) is 30.1 Å². The number of ether oxygens (including phenoxy) is 1. The van der Waals surface area contributed by atoms with Crippen LogP contribution in [0.25, 0.3) is 0 Å². The number of methoxy groups -OCH3 is 1. The lowest BCUT2D eigenvalue weighted by Crippen LogP contribution is -2.29. The fraction of sp³-hybridized carbons (Fsp3) is 0.412. The number of nitrogens with zero attached hydrogens (tertiary/aromatic N) is 2. The molecule has 24 heavy (non-hydrogen) atoms. The van der Waals surface area contributed by atoms with Crippen LogP contribution in [0.15, 0.2) is 41.3 Å². The summed E-state index contributed by atoms with van der Waals surface area (Å²) in [7, 11) is 1.68. The van der Waals surface area contributed by atoms with Gasteiger partial charge in [0.05, 0.1) is 12.3 Å². The quantitative estimate of drug-likeness (QED) is 0.566. The van der Waals surface area contributed by atoms with Crippen molar-refractivity contribution in [1.29, 1.82) is 5.53 Å². The summed E-state index contributed by atoms with van der Waals surface area (Å²) in [4.78, 5) is 24.8. The molecule has 2 rings (SSSR count). The second-order valence-corrected chi connectivity index (χ2v) is 5.70. The molecule has 1 atom stereocenters. The maximum atomic E-state index is 12.5. The number of hydrogen-bond acceptors (Lipinski definition) is 6. The van der Waals surface area contributed by atoms with Crippen molar-refractivity contribution in [3.8, 4) is 0 Å². The van der Waals surface area contributed by atoms with Gasteiger partial charge in [0.2, 0.25) is 0 Å². The van der Waals surface area contributed by atoms with E-state index in [2.05, 4.69) is 10.4 Å². The van der Waals surface area contributed by atoms with E-state index >= 15 is 0 Å². The number of nitrogens with one attached hydrogen (secondary N) is 2. The summed E-state index contributed by atoms with van der Waals surface area (Å²) >= 11 is 0. The van der Waals surface area contributed by atoms with Gasteiger partial charge in [0, 0.05) is 50.0 Å². The standard InChI is InChI=1S/C17H22N4O3/c1-24-12-13-6-8-21(11-13)17(23)14-2-4-15(5-3-14)19-10-16(20-18)7-9-22/h2-5,9-10,13,18-19H,6-8,11-12H2,1H3/b16-10-,20-18?. The van der Waals surface area contributed by atoms with E-state index < -0.39 is 0 Å². The molecule has 7 nitrogen and oxygen atoms in total. The van der Waals surface area contributed by atoms with Crippen molar-refractivity contribution in [2.24, 2.45) is 11.0 Å². The van der Waals surface area contributed by atoms with Gasteiger partial charge >= 0.3 is 0 Å². The van der Waals surface area contributed by atoms with Gasteiger partial charge in [0.25, 0.3) is 5.91 Å². The molecule has 0 aromatic heterocycles. The van der Waals surface area contributed by atoms with Crippen LogP contribution in [0.3, 0.4) is 0 Å². The minimum Gasteiger partial charge on any atom is -0.384 e. The molecular formula is C17H22N4O3. The number of benzene rings is 1. The number of rotatable bonds is 8. The molecule has 0 aliphatic carbocycles. The lowest BCUT2D eigenvalue weighted by atomic mass is 10.1. The van der Waals surface area contributed by atoms with Crippen molar-refractivity contribution in [2.45, 2.75) is 12.8 Å². The Morgan fingerprint density at radius 2 is 2.21 bits per heavy atom. The van der Waals surface area contributed by atoms with Crippen LogP contribution in [0.5, 0.6) is 0 Å². The van der Waals surface area contributed by atoms with Crippen LogP contribution in [-0.4, -0.2) is 43.9 Å². The average molecular weight is 330 g/mol. The third kappa shape index (κ3) is 4.73. The predicted molar refractivity (Wildman–Crippen MR) is 89.9 cm³/mol. The molecule has 1 aromatic carbocycles. The van der Waals surface area contributed by atoms with Gasteiger partial charge in [-0.05, 0) is 30.7 Å². The van der Waals surface area contributed by atoms with Gasteiger partial charge in [-0.3, -0.25) is 4.79 Å². The molecule has 1 heterocycles. The molecule has 1 amide bonds. The van der Waals surface area contributed by atoms with E-state index in [-0.39, 0.29) is 12.3 Å². The molecule has 0 saturated carbocycles. The van der Waals surface area contributed by atoms with Gasteiger partial charge in [-0.1, -0.05) is 0 Å². The normalized spacial score (nSPS) is 17.6. The first-order valence-electron chi connectivity index (χ1n) is 7.83. The number of allylic oxidation sites excluding steroid dienone is 1. The van der Waals surface area contributed by atoms with Gasteiger partial charge in [0.15, 0.2) is 0 Å². The number of amides is 1. The molecular weight excluding hydrogens is 308 g/mol. The zero-order valence-electron chi connectivity index (χ0n) is 13.7. The fourth-order valence-corrected chi connectivity index (χ4v) is 2.67. The Bertz CT molecular complexity index is 613. The van der Waals surface area contributed by atoms with Crippen molar-refractivity contribution < 1.29 is 14.3 Å². The van der Waals surface area contributed by atoms with E-state index in [1.54, 1.807) is 31.4 Å². The van der Waals surface area contributed by atoms with Crippen LogP contribution in [-0.2, 0) is 9.53 Å². The Morgan fingerprint density at radius 1 is 1.46 bits per heavy atom. The van der Waals surface area contributed by atoms with Crippen molar-refractivity contribution in [3.05, 3.63) is 41.7 Å². The van der Waals surface area contributed by atoms with Crippen LogP contribution in [0.2, 0.25) is 0 Å². The third-order valence-electron chi connectivity index (χ3n) is 3.95. The highest BCUT2D eigenvalue weighted by Crippen LogP contribution is 2.20. The second kappa shape index (κ2) is 8.93.